The molecule has 4 rings (SSSR count). The molecule has 5 unspecified atom stereocenters. The van der Waals surface area contributed by atoms with Crippen LogP contribution < -0.4 is 0 Å². The third kappa shape index (κ3) is 4.40. The predicted molar refractivity (Wildman–Crippen MR) is 103 cm³/mol. The van der Waals surface area contributed by atoms with Crippen LogP contribution in [0.3, 0.4) is 0 Å². The Balaban J connectivity index is 1.65. The number of carbonyl (C=O) groups excluding carboxylic acids is 1. The summed E-state index contributed by atoms with van der Waals surface area (Å²) in [4.78, 5) is 13.0. The Bertz CT molecular complexity index is 562. The zero-order valence-corrected chi connectivity index (χ0v) is 16.0. The van der Waals surface area contributed by atoms with Crippen LogP contribution in [0.1, 0.15) is 50.0 Å². The summed E-state index contributed by atoms with van der Waals surface area (Å²) in [6.07, 6.45) is 5.91. The van der Waals surface area contributed by atoms with Crippen molar-refractivity contribution in [1.82, 2.24) is 0 Å². The Kier molecular flexibility index (Phi) is 6.82. The van der Waals surface area contributed by atoms with Crippen molar-refractivity contribution in [1.29, 1.82) is 0 Å². The van der Waals surface area contributed by atoms with Crippen molar-refractivity contribution in [2.75, 3.05) is 5.88 Å². The molecule has 2 saturated heterocycles. The Morgan fingerprint density at radius 3 is 2.64 bits per heavy atom. The molecular weight excluding hydrogens is 355 g/mol. The maximum absolute atomic E-state index is 13.0. The normalized spacial score (nSPS) is 28.7. The molecule has 3 aliphatic rings. The summed E-state index contributed by atoms with van der Waals surface area (Å²) in [7, 11) is 0. The molecule has 1 aliphatic carbocycles. The molecule has 0 N–H and O–H groups in total. The third-order valence-electron chi connectivity index (χ3n) is 5.63. The van der Waals surface area contributed by atoms with Gasteiger partial charge in [0.1, 0.15) is 0 Å². The fraction of sp³-hybridized carbons (Fsp3) is 0.571. The first kappa shape index (κ1) is 19.2. The lowest BCUT2D eigenvalue weighted by Crippen LogP contribution is -2.48. The average molecular weight is 381 g/mol. The second-order valence-electron chi connectivity index (χ2n) is 7.24. The lowest BCUT2D eigenvalue weighted by molar-refractivity contribution is -0.142. The molecule has 1 saturated carbocycles. The van der Waals surface area contributed by atoms with Gasteiger partial charge in [0.2, 0.25) is 0 Å². The van der Waals surface area contributed by atoms with Gasteiger partial charge in [-0.05, 0) is 43.1 Å². The molecule has 25 heavy (non-hydrogen) atoms. The van der Waals surface area contributed by atoms with Gasteiger partial charge in [0.15, 0.2) is 11.9 Å². The minimum atomic E-state index is -0.0747. The van der Waals surface area contributed by atoms with Crippen LogP contribution in [0, 0.1) is 24.9 Å². The van der Waals surface area contributed by atoms with Crippen LogP contribution in [0.2, 0.25) is 0 Å². The summed E-state index contributed by atoms with van der Waals surface area (Å²) in [6, 6.07) is 10.3. The van der Waals surface area contributed by atoms with Gasteiger partial charge in [-0.3, -0.25) is 4.79 Å². The molecule has 0 aromatic heterocycles. The molecule has 136 valence electrons. The van der Waals surface area contributed by atoms with Crippen molar-refractivity contribution in [3.05, 3.63) is 48.9 Å². The number of rotatable bonds is 8. The first-order valence-corrected chi connectivity index (χ1v) is 10.2. The summed E-state index contributed by atoms with van der Waals surface area (Å²) >= 11 is 12.3. The van der Waals surface area contributed by atoms with E-state index in [2.05, 4.69) is 19.1 Å². The lowest BCUT2D eigenvalue weighted by Gasteiger charge is -2.47. The number of hydrogen-bond donors (Lipinski definition) is 0. The zero-order chi connectivity index (χ0) is 17.8. The van der Waals surface area contributed by atoms with E-state index in [1.54, 1.807) is 0 Å². The van der Waals surface area contributed by atoms with Gasteiger partial charge in [-0.1, -0.05) is 43.7 Å². The lowest BCUT2D eigenvalue weighted by atomic mass is 9.71. The van der Waals surface area contributed by atoms with E-state index in [0.717, 1.165) is 32.1 Å². The van der Waals surface area contributed by atoms with Crippen molar-refractivity contribution in [2.24, 2.45) is 11.8 Å². The number of benzene rings is 1. The number of fused-ring (bicyclic) bond motifs is 3. The van der Waals surface area contributed by atoms with Gasteiger partial charge < -0.3 is 4.74 Å². The van der Waals surface area contributed by atoms with E-state index in [0.29, 0.717) is 18.4 Å². The van der Waals surface area contributed by atoms with Gasteiger partial charge in [-0.25, -0.2) is 0 Å². The highest BCUT2D eigenvalue weighted by molar-refractivity contribution is 6.28. The van der Waals surface area contributed by atoms with Crippen molar-refractivity contribution in [3.8, 4) is 0 Å². The summed E-state index contributed by atoms with van der Waals surface area (Å²) in [5, 5.41) is -0.0747. The molecule has 2 heterocycles. The number of hydrogen-bond acceptors (Lipinski definition) is 2. The van der Waals surface area contributed by atoms with Crippen LogP contribution >= 0.6 is 23.2 Å². The Hall–Kier alpha value is -0.570. The number of Topliss-reactive ketones (excluding diaryl/α,β-unsaturated/α-hetero) is 1. The summed E-state index contributed by atoms with van der Waals surface area (Å²) in [6.45, 7) is 3.97. The van der Waals surface area contributed by atoms with E-state index >= 15 is 0 Å². The van der Waals surface area contributed by atoms with Crippen LogP contribution in [0.25, 0.3) is 0 Å². The molecule has 5 atom stereocenters. The molecular formula is C21H26Cl2O2. The van der Waals surface area contributed by atoms with E-state index in [1.165, 1.54) is 5.56 Å². The predicted octanol–water partition coefficient (Wildman–Crippen LogP) is 5.54. The van der Waals surface area contributed by atoms with Crippen LogP contribution in [0.5, 0.6) is 0 Å². The number of halogens is 2. The van der Waals surface area contributed by atoms with Crippen LogP contribution in [-0.4, -0.2) is 23.1 Å². The quantitative estimate of drug-likeness (QED) is 0.553. The van der Waals surface area contributed by atoms with Gasteiger partial charge in [0.05, 0.1) is 11.5 Å². The monoisotopic (exact) mass is 380 g/mol. The molecule has 0 amide bonds. The van der Waals surface area contributed by atoms with E-state index in [-0.39, 0.29) is 35.0 Å². The van der Waals surface area contributed by atoms with Crippen molar-refractivity contribution >= 4 is 29.0 Å². The first-order valence-electron chi connectivity index (χ1n) is 9.25. The highest BCUT2D eigenvalue weighted by atomic mass is 35.5. The SMILES string of the molecule is [CH2]CCC(CC(=O)[C]1OC2CCC1CC2C(Cl)CCl)c1ccccc1. The van der Waals surface area contributed by atoms with Crippen LogP contribution in [-0.2, 0) is 9.53 Å². The Morgan fingerprint density at radius 1 is 1.28 bits per heavy atom. The molecule has 3 fully saturated rings. The smallest absolute Gasteiger partial charge is 0.169 e. The standard InChI is InChI=1S/C21H26Cl2O2/c1-2-6-15(14-7-4-3-5-8-14)12-19(24)21-16-9-10-20(25-21)17(11-16)18(23)13-22/h3-5,7-8,15-18,20H,1-2,6,9-13H2. The van der Waals surface area contributed by atoms with Crippen molar-refractivity contribution in [2.45, 2.75) is 55.9 Å². The molecule has 2 nitrogen and oxygen atoms in total. The second-order valence-corrected chi connectivity index (χ2v) is 8.11. The van der Waals surface area contributed by atoms with Crippen molar-refractivity contribution in [3.63, 3.8) is 0 Å². The van der Waals surface area contributed by atoms with E-state index < -0.39 is 0 Å². The van der Waals surface area contributed by atoms with Crippen LogP contribution in [0.4, 0.5) is 0 Å². The first-order chi connectivity index (χ1) is 12.1. The van der Waals surface area contributed by atoms with Gasteiger partial charge in [0.25, 0.3) is 0 Å². The van der Waals surface area contributed by atoms with E-state index in [1.807, 2.05) is 18.2 Å². The number of ether oxygens (including phenoxy) is 1. The zero-order valence-electron chi connectivity index (χ0n) is 14.5. The fourth-order valence-corrected chi connectivity index (χ4v) is 4.79. The summed E-state index contributed by atoms with van der Waals surface area (Å²) in [5.74, 6) is 1.28. The minimum Gasteiger partial charge on any atom is -0.360 e. The van der Waals surface area contributed by atoms with Gasteiger partial charge in [0, 0.05) is 18.2 Å². The van der Waals surface area contributed by atoms with Crippen LogP contribution in [0.15, 0.2) is 30.3 Å². The van der Waals surface area contributed by atoms with Gasteiger partial charge in [-0.15, -0.1) is 23.2 Å². The maximum Gasteiger partial charge on any atom is 0.169 e. The summed E-state index contributed by atoms with van der Waals surface area (Å²) in [5.41, 5.74) is 1.21. The molecule has 1 aromatic rings. The molecule has 2 bridgehead atoms. The number of alkyl halides is 2. The highest BCUT2D eigenvalue weighted by Crippen LogP contribution is 2.48. The van der Waals surface area contributed by atoms with Gasteiger partial charge >= 0.3 is 0 Å². The molecule has 0 spiro atoms. The second kappa shape index (κ2) is 8.88. The largest absolute Gasteiger partial charge is 0.360 e. The van der Waals surface area contributed by atoms with E-state index in [4.69, 9.17) is 27.9 Å². The molecule has 1 aromatic carbocycles. The maximum atomic E-state index is 13.0. The Morgan fingerprint density at radius 2 is 2.04 bits per heavy atom. The van der Waals surface area contributed by atoms with E-state index in [9.17, 15) is 4.79 Å². The molecule has 2 aliphatic heterocycles. The highest BCUT2D eigenvalue weighted by Gasteiger charge is 2.48. The Labute approximate surface area is 161 Å². The number of ketones is 1. The minimum absolute atomic E-state index is 0.0493. The number of carbonyl (C=O) groups is 1. The van der Waals surface area contributed by atoms with Gasteiger partial charge in [-0.2, -0.15) is 0 Å². The average Bonchev–Trinajstić information content (AvgIpc) is 2.67. The van der Waals surface area contributed by atoms with Crippen molar-refractivity contribution < 1.29 is 9.53 Å². The molecule has 2 radical (unpaired) electrons. The molecule has 4 heteroatoms. The fourth-order valence-electron chi connectivity index (χ4n) is 4.29. The third-order valence-corrected chi connectivity index (χ3v) is 6.59. The summed E-state index contributed by atoms with van der Waals surface area (Å²) < 4.78 is 6.11. The topological polar surface area (TPSA) is 26.3 Å².